The first kappa shape index (κ1) is 10.5. The van der Waals surface area contributed by atoms with E-state index in [0.717, 1.165) is 16.8 Å². The highest BCUT2D eigenvalue weighted by atomic mass is 16.1. The molecular weight excluding hydrogens is 202 g/mol. The van der Waals surface area contributed by atoms with Crippen LogP contribution >= 0.6 is 0 Å². The molecule has 82 valence electrons. The molecule has 4 heteroatoms. The Bertz CT molecular complexity index is 560. The second-order valence-corrected chi connectivity index (χ2v) is 3.60. The van der Waals surface area contributed by atoms with E-state index < -0.39 is 0 Å². The van der Waals surface area contributed by atoms with Crippen LogP contribution in [0.2, 0.25) is 0 Å². The van der Waals surface area contributed by atoms with Crippen LogP contribution in [-0.4, -0.2) is 15.0 Å². The molecule has 0 atom stereocenters. The fourth-order valence-corrected chi connectivity index (χ4v) is 1.70. The summed E-state index contributed by atoms with van der Waals surface area (Å²) in [5, 5.41) is 0. The lowest BCUT2D eigenvalue weighted by Gasteiger charge is -2.07. The average molecular weight is 215 g/mol. The molecule has 0 radical (unpaired) electrons. The molecule has 16 heavy (non-hydrogen) atoms. The molecule has 0 fully saturated rings. The van der Waals surface area contributed by atoms with Gasteiger partial charge in [-0.3, -0.25) is 9.78 Å². The summed E-state index contributed by atoms with van der Waals surface area (Å²) in [6.45, 7) is 3.93. The van der Waals surface area contributed by atoms with Gasteiger partial charge in [-0.2, -0.15) is 0 Å². The number of rotatable bonds is 2. The van der Waals surface area contributed by atoms with E-state index in [2.05, 4.69) is 15.0 Å². The van der Waals surface area contributed by atoms with Gasteiger partial charge in [-0.25, -0.2) is 4.98 Å². The molecule has 0 bridgehead atoms. The van der Waals surface area contributed by atoms with Crippen molar-refractivity contribution in [1.82, 2.24) is 15.0 Å². The summed E-state index contributed by atoms with van der Waals surface area (Å²) >= 11 is 0. The summed E-state index contributed by atoms with van der Waals surface area (Å²) < 4.78 is 0. The van der Waals surface area contributed by atoms with E-state index in [-0.39, 0.29) is 5.56 Å². The molecule has 0 aromatic carbocycles. The van der Waals surface area contributed by atoms with Gasteiger partial charge < -0.3 is 4.98 Å². The topological polar surface area (TPSA) is 58.6 Å². The van der Waals surface area contributed by atoms with Gasteiger partial charge in [0.25, 0.3) is 5.56 Å². The molecular formula is C12H13N3O. The normalized spacial score (nSPS) is 10.4. The number of pyridine rings is 1. The van der Waals surface area contributed by atoms with Crippen LogP contribution in [0, 0.1) is 6.92 Å². The van der Waals surface area contributed by atoms with Gasteiger partial charge in [-0.1, -0.05) is 6.92 Å². The summed E-state index contributed by atoms with van der Waals surface area (Å²) in [7, 11) is 0. The monoisotopic (exact) mass is 215 g/mol. The molecule has 0 saturated heterocycles. The third kappa shape index (κ3) is 1.74. The van der Waals surface area contributed by atoms with E-state index in [1.807, 2.05) is 19.9 Å². The number of H-pyrrole nitrogens is 1. The van der Waals surface area contributed by atoms with Gasteiger partial charge in [0.05, 0.1) is 12.0 Å². The first-order valence-corrected chi connectivity index (χ1v) is 5.21. The Labute approximate surface area is 93.4 Å². The zero-order valence-corrected chi connectivity index (χ0v) is 9.32. The number of aryl methyl sites for hydroxylation is 1. The van der Waals surface area contributed by atoms with Crippen molar-refractivity contribution in [3.63, 3.8) is 0 Å². The van der Waals surface area contributed by atoms with Gasteiger partial charge in [0, 0.05) is 23.5 Å². The fraction of sp³-hybridized carbons (Fsp3) is 0.250. The molecule has 0 saturated carbocycles. The van der Waals surface area contributed by atoms with Gasteiger partial charge in [-0.15, -0.1) is 0 Å². The summed E-state index contributed by atoms with van der Waals surface area (Å²) in [5.74, 6) is 0. The number of nitrogens with zero attached hydrogens (tertiary/aromatic N) is 2. The minimum absolute atomic E-state index is 0.0734. The zero-order valence-electron chi connectivity index (χ0n) is 9.32. The van der Waals surface area contributed by atoms with Crippen molar-refractivity contribution < 1.29 is 0 Å². The number of aromatic amines is 1. The van der Waals surface area contributed by atoms with E-state index in [0.29, 0.717) is 12.0 Å². The second-order valence-electron chi connectivity index (χ2n) is 3.60. The maximum absolute atomic E-state index is 11.6. The summed E-state index contributed by atoms with van der Waals surface area (Å²) in [6.07, 6.45) is 5.57. The average Bonchev–Trinajstić information content (AvgIpc) is 2.29. The van der Waals surface area contributed by atoms with E-state index in [1.54, 1.807) is 12.4 Å². The lowest BCUT2D eigenvalue weighted by atomic mass is 10.0. The van der Waals surface area contributed by atoms with Crippen molar-refractivity contribution >= 4 is 0 Å². The first-order chi connectivity index (χ1) is 7.74. The van der Waals surface area contributed by atoms with Crippen molar-refractivity contribution in [2.24, 2.45) is 0 Å². The summed E-state index contributed by atoms with van der Waals surface area (Å²) in [6, 6.07) is 1.91. The molecule has 0 unspecified atom stereocenters. The summed E-state index contributed by atoms with van der Waals surface area (Å²) in [4.78, 5) is 22.6. The predicted molar refractivity (Wildman–Crippen MR) is 62.2 cm³/mol. The quantitative estimate of drug-likeness (QED) is 0.829. The molecule has 2 aromatic rings. The van der Waals surface area contributed by atoms with E-state index in [4.69, 9.17) is 0 Å². The van der Waals surface area contributed by atoms with E-state index in [1.165, 1.54) is 6.33 Å². The first-order valence-electron chi connectivity index (χ1n) is 5.21. The van der Waals surface area contributed by atoms with Crippen molar-refractivity contribution in [3.05, 3.63) is 46.3 Å². The predicted octanol–water partition coefficient (Wildman–Crippen LogP) is 1.70. The molecule has 0 amide bonds. The van der Waals surface area contributed by atoms with Crippen LogP contribution in [0.5, 0.6) is 0 Å². The minimum Gasteiger partial charge on any atom is -0.313 e. The van der Waals surface area contributed by atoms with Crippen LogP contribution in [0.4, 0.5) is 0 Å². The SMILES string of the molecule is CCc1c(-c2cnccc2C)nc[nH]c1=O. The Morgan fingerprint density at radius 1 is 1.44 bits per heavy atom. The van der Waals surface area contributed by atoms with Crippen molar-refractivity contribution in [1.29, 1.82) is 0 Å². The number of hydrogen-bond donors (Lipinski definition) is 1. The largest absolute Gasteiger partial charge is 0.313 e. The van der Waals surface area contributed by atoms with E-state index >= 15 is 0 Å². The standard InChI is InChI=1S/C12H13N3O/c1-3-9-11(14-7-15-12(9)16)10-6-13-5-4-8(10)2/h4-7H,3H2,1-2H3,(H,14,15,16). The Kier molecular flexibility index (Phi) is 2.81. The van der Waals surface area contributed by atoms with Crippen molar-refractivity contribution in [2.75, 3.05) is 0 Å². The van der Waals surface area contributed by atoms with Gasteiger partial charge in [-0.05, 0) is 25.0 Å². The van der Waals surface area contributed by atoms with Gasteiger partial charge in [0.1, 0.15) is 0 Å². The Morgan fingerprint density at radius 3 is 2.94 bits per heavy atom. The van der Waals surface area contributed by atoms with Crippen LogP contribution in [0.15, 0.2) is 29.6 Å². The van der Waals surface area contributed by atoms with E-state index in [9.17, 15) is 4.79 Å². The van der Waals surface area contributed by atoms with Gasteiger partial charge in [0.15, 0.2) is 0 Å². The highest BCUT2D eigenvalue weighted by Crippen LogP contribution is 2.21. The molecule has 0 aliphatic carbocycles. The van der Waals surface area contributed by atoms with Crippen LogP contribution in [-0.2, 0) is 6.42 Å². The second kappa shape index (κ2) is 4.26. The number of hydrogen-bond acceptors (Lipinski definition) is 3. The summed E-state index contributed by atoms with van der Waals surface area (Å²) in [5.41, 5.74) is 3.36. The molecule has 1 N–H and O–H groups in total. The van der Waals surface area contributed by atoms with Crippen LogP contribution in [0.25, 0.3) is 11.3 Å². The molecule has 0 aliphatic heterocycles. The minimum atomic E-state index is -0.0734. The van der Waals surface area contributed by atoms with Crippen LogP contribution in [0.1, 0.15) is 18.1 Å². The maximum atomic E-state index is 11.6. The fourth-order valence-electron chi connectivity index (χ4n) is 1.70. The van der Waals surface area contributed by atoms with Crippen molar-refractivity contribution in [2.45, 2.75) is 20.3 Å². The molecule has 2 rings (SSSR count). The smallest absolute Gasteiger partial charge is 0.254 e. The molecule has 4 nitrogen and oxygen atoms in total. The van der Waals surface area contributed by atoms with Crippen molar-refractivity contribution in [3.8, 4) is 11.3 Å². The number of nitrogens with one attached hydrogen (secondary N) is 1. The third-order valence-electron chi connectivity index (χ3n) is 2.60. The Hall–Kier alpha value is -1.97. The van der Waals surface area contributed by atoms with Crippen LogP contribution in [0.3, 0.4) is 0 Å². The molecule has 0 aliphatic rings. The van der Waals surface area contributed by atoms with Gasteiger partial charge >= 0.3 is 0 Å². The molecule has 0 spiro atoms. The maximum Gasteiger partial charge on any atom is 0.254 e. The lowest BCUT2D eigenvalue weighted by molar-refractivity contribution is 1.01. The zero-order chi connectivity index (χ0) is 11.5. The van der Waals surface area contributed by atoms with Gasteiger partial charge in [0.2, 0.25) is 0 Å². The Balaban J connectivity index is 2.70. The Morgan fingerprint density at radius 2 is 2.25 bits per heavy atom. The third-order valence-corrected chi connectivity index (χ3v) is 2.60. The van der Waals surface area contributed by atoms with Crippen LogP contribution < -0.4 is 5.56 Å². The molecule has 2 aromatic heterocycles. The highest BCUT2D eigenvalue weighted by Gasteiger charge is 2.10. The molecule has 2 heterocycles. The number of aromatic nitrogens is 3. The lowest BCUT2D eigenvalue weighted by Crippen LogP contribution is -2.14. The highest BCUT2D eigenvalue weighted by molar-refractivity contribution is 5.64.